The van der Waals surface area contributed by atoms with E-state index >= 15 is 0 Å². The average Bonchev–Trinajstić information content (AvgIpc) is 2.55. The van der Waals surface area contributed by atoms with Crippen LogP contribution in [0.1, 0.15) is 19.3 Å². The zero-order valence-electron chi connectivity index (χ0n) is 10.3. The van der Waals surface area contributed by atoms with Gasteiger partial charge in [0.2, 0.25) is 5.91 Å². The molecule has 3 N–H and O–H groups in total. The number of halogens is 1. The second-order valence-corrected chi connectivity index (χ2v) is 4.69. The number of carbonyl (C=O) groups excluding carboxylic acids is 2. The summed E-state index contributed by atoms with van der Waals surface area (Å²) in [5, 5.41) is 8.32. The third kappa shape index (κ3) is 4.10. The Hall–Kier alpha value is -1.82. The van der Waals surface area contributed by atoms with Crippen molar-refractivity contribution in [2.24, 2.45) is 0 Å². The molecule has 1 aromatic heterocycles. The highest BCUT2D eigenvalue weighted by Gasteiger charge is 2.22. The van der Waals surface area contributed by atoms with Crippen molar-refractivity contribution in [3.63, 3.8) is 0 Å². The Morgan fingerprint density at radius 3 is 3.11 bits per heavy atom. The van der Waals surface area contributed by atoms with E-state index < -0.39 is 12.1 Å². The number of anilines is 1. The summed E-state index contributed by atoms with van der Waals surface area (Å²) in [6, 6.07) is 2.25. The fraction of sp³-hybridized carbons (Fsp3) is 0.417. The van der Waals surface area contributed by atoms with Gasteiger partial charge in [0.15, 0.2) is 0 Å². The molecule has 3 amide bonds. The molecule has 0 aliphatic carbocycles. The van der Waals surface area contributed by atoms with Crippen LogP contribution < -0.4 is 16.0 Å². The molecule has 0 bridgehead atoms. The van der Waals surface area contributed by atoms with Gasteiger partial charge in [0, 0.05) is 18.4 Å². The highest BCUT2D eigenvalue weighted by Crippen LogP contribution is 2.12. The third-order valence-corrected chi connectivity index (χ3v) is 3.03. The SMILES string of the molecule is O=C(Nc1ccnc(Cl)c1)N[C@H]1CCCCNC1=O. The van der Waals surface area contributed by atoms with E-state index in [0.717, 1.165) is 12.8 Å². The number of hydrogen-bond acceptors (Lipinski definition) is 3. The topological polar surface area (TPSA) is 83.1 Å². The highest BCUT2D eigenvalue weighted by molar-refractivity contribution is 6.29. The van der Waals surface area contributed by atoms with Crippen molar-refractivity contribution >= 4 is 29.2 Å². The molecule has 0 radical (unpaired) electrons. The smallest absolute Gasteiger partial charge is 0.319 e. The van der Waals surface area contributed by atoms with Gasteiger partial charge >= 0.3 is 6.03 Å². The third-order valence-electron chi connectivity index (χ3n) is 2.83. The first-order chi connectivity index (χ1) is 9.15. The monoisotopic (exact) mass is 282 g/mol. The van der Waals surface area contributed by atoms with Crippen LogP contribution >= 0.6 is 11.6 Å². The molecule has 0 spiro atoms. The lowest BCUT2D eigenvalue weighted by atomic mass is 10.1. The summed E-state index contributed by atoms with van der Waals surface area (Å²) in [6.45, 7) is 0.665. The number of pyridine rings is 1. The molecule has 6 nitrogen and oxygen atoms in total. The van der Waals surface area contributed by atoms with E-state index in [4.69, 9.17) is 11.6 Å². The Bertz CT molecular complexity index is 481. The van der Waals surface area contributed by atoms with Crippen LogP contribution in [-0.4, -0.2) is 29.5 Å². The normalized spacial score (nSPS) is 19.2. The molecule has 1 aliphatic heterocycles. The minimum absolute atomic E-state index is 0.139. The number of amides is 3. The zero-order valence-corrected chi connectivity index (χ0v) is 11.0. The van der Waals surface area contributed by atoms with Crippen LogP contribution in [0.4, 0.5) is 10.5 Å². The highest BCUT2D eigenvalue weighted by atomic mass is 35.5. The lowest BCUT2D eigenvalue weighted by molar-refractivity contribution is -0.122. The van der Waals surface area contributed by atoms with Crippen LogP contribution in [0.15, 0.2) is 18.3 Å². The second-order valence-electron chi connectivity index (χ2n) is 4.31. The number of rotatable bonds is 2. The van der Waals surface area contributed by atoms with Crippen molar-refractivity contribution in [2.45, 2.75) is 25.3 Å². The quantitative estimate of drug-likeness (QED) is 0.719. The van der Waals surface area contributed by atoms with Crippen LogP contribution in [0.25, 0.3) is 0 Å². The van der Waals surface area contributed by atoms with Gasteiger partial charge in [-0.3, -0.25) is 4.79 Å². The first-order valence-corrected chi connectivity index (χ1v) is 6.50. The number of hydrogen-bond donors (Lipinski definition) is 3. The molecule has 1 fully saturated rings. The van der Waals surface area contributed by atoms with E-state index in [9.17, 15) is 9.59 Å². The number of urea groups is 1. The molecule has 2 heterocycles. The Balaban J connectivity index is 1.91. The molecule has 1 atom stereocenters. The first-order valence-electron chi connectivity index (χ1n) is 6.12. The predicted molar refractivity (Wildman–Crippen MR) is 72.1 cm³/mol. The van der Waals surface area contributed by atoms with Crippen molar-refractivity contribution in [2.75, 3.05) is 11.9 Å². The van der Waals surface area contributed by atoms with Gasteiger partial charge in [-0.25, -0.2) is 9.78 Å². The van der Waals surface area contributed by atoms with E-state index in [1.165, 1.54) is 12.3 Å². The number of carbonyl (C=O) groups is 2. The van der Waals surface area contributed by atoms with Crippen molar-refractivity contribution < 1.29 is 9.59 Å². The lowest BCUT2D eigenvalue weighted by Gasteiger charge is -2.15. The van der Waals surface area contributed by atoms with E-state index in [1.807, 2.05) is 0 Å². The van der Waals surface area contributed by atoms with E-state index in [1.54, 1.807) is 6.07 Å². The van der Waals surface area contributed by atoms with E-state index in [-0.39, 0.29) is 5.91 Å². The summed E-state index contributed by atoms with van der Waals surface area (Å²) < 4.78 is 0. The van der Waals surface area contributed by atoms with Crippen LogP contribution in [-0.2, 0) is 4.79 Å². The predicted octanol–water partition coefficient (Wildman–Crippen LogP) is 1.53. The minimum atomic E-state index is -0.486. The summed E-state index contributed by atoms with van der Waals surface area (Å²) in [5.74, 6) is -0.139. The van der Waals surface area contributed by atoms with Crippen molar-refractivity contribution in [3.8, 4) is 0 Å². The number of aromatic nitrogens is 1. The summed E-state index contributed by atoms with van der Waals surface area (Å²) in [6.07, 6.45) is 3.99. The molecule has 1 saturated heterocycles. The Kier molecular flexibility index (Phi) is 4.57. The number of nitrogens with one attached hydrogen (secondary N) is 3. The zero-order chi connectivity index (χ0) is 13.7. The molecule has 0 unspecified atom stereocenters. The van der Waals surface area contributed by atoms with Gasteiger partial charge in [-0.2, -0.15) is 0 Å². The number of nitrogens with zero attached hydrogens (tertiary/aromatic N) is 1. The van der Waals surface area contributed by atoms with Crippen LogP contribution in [0.5, 0.6) is 0 Å². The molecule has 1 aromatic rings. The molecule has 19 heavy (non-hydrogen) atoms. The fourth-order valence-corrected chi connectivity index (χ4v) is 2.06. The molecule has 0 saturated carbocycles. The van der Waals surface area contributed by atoms with Crippen LogP contribution in [0.3, 0.4) is 0 Å². The lowest BCUT2D eigenvalue weighted by Crippen LogP contribution is -2.47. The fourth-order valence-electron chi connectivity index (χ4n) is 1.88. The Morgan fingerprint density at radius 1 is 1.47 bits per heavy atom. The first kappa shape index (κ1) is 13.6. The summed E-state index contributed by atoms with van der Waals surface area (Å²) in [5.41, 5.74) is 0.534. The van der Waals surface area contributed by atoms with E-state index in [0.29, 0.717) is 23.8 Å². The van der Waals surface area contributed by atoms with Crippen LogP contribution in [0, 0.1) is 0 Å². The van der Waals surface area contributed by atoms with Crippen molar-refractivity contribution in [3.05, 3.63) is 23.5 Å². The van der Waals surface area contributed by atoms with Gasteiger partial charge in [0.1, 0.15) is 11.2 Å². The molecule has 2 rings (SSSR count). The van der Waals surface area contributed by atoms with Crippen molar-refractivity contribution in [1.82, 2.24) is 15.6 Å². The molecular formula is C12H15ClN4O2. The largest absolute Gasteiger partial charge is 0.354 e. The maximum absolute atomic E-state index is 11.8. The van der Waals surface area contributed by atoms with Crippen LogP contribution in [0.2, 0.25) is 5.15 Å². The minimum Gasteiger partial charge on any atom is -0.354 e. The Morgan fingerprint density at radius 2 is 2.32 bits per heavy atom. The van der Waals surface area contributed by atoms with Gasteiger partial charge in [0.25, 0.3) is 0 Å². The van der Waals surface area contributed by atoms with E-state index in [2.05, 4.69) is 20.9 Å². The van der Waals surface area contributed by atoms with Gasteiger partial charge in [-0.15, -0.1) is 0 Å². The molecule has 7 heteroatoms. The van der Waals surface area contributed by atoms with Gasteiger partial charge in [-0.05, 0) is 31.4 Å². The molecular weight excluding hydrogens is 268 g/mol. The van der Waals surface area contributed by atoms with Gasteiger partial charge < -0.3 is 16.0 Å². The maximum Gasteiger partial charge on any atom is 0.319 e. The summed E-state index contributed by atoms with van der Waals surface area (Å²) in [7, 11) is 0. The molecule has 0 aromatic carbocycles. The van der Waals surface area contributed by atoms with Crippen molar-refractivity contribution in [1.29, 1.82) is 0 Å². The average molecular weight is 283 g/mol. The Labute approximate surface area is 115 Å². The summed E-state index contributed by atoms with van der Waals surface area (Å²) in [4.78, 5) is 27.3. The van der Waals surface area contributed by atoms with Gasteiger partial charge in [-0.1, -0.05) is 11.6 Å². The second kappa shape index (κ2) is 6.38. The van der Waals surface area contributed by atoms with Gasteiger partial charge in [0.05, 0.1) is 0 Å². The summed E-state index contributed by atoms with van der Waals surface area (Å²) >= 11 is 5.72. The standard InChI is InChI=1S/C12H15ClN4O2/c13-10-7-8(4-6-14-10)16-12(19)17-9-3-1-2-5-15-11(9)18/h4,6-7,9H,1-3,5H2,(H,15,18)(H2,14,16,17,19)/t9-/m0/s1. The maximum atomic E-state index is 11.8. The molecule has 1 aliphatic rings. The molecule has 102 valence electrons.